The zero-order valence-corrected chi connectivity index (χ0v) is 25.5. The van der Waals surface area contributed by atoms with Crippen LogP contribution in [0, 0.1) is 30.1 Å². The van der Waals surface area contributed by atoms with Crippen molar-refractivity contribution in [3.05, 3.63) is 65.5 Å². The number of hydrogen-bond acceptors (Lipinski definition) is 6. The molecule has 9 nitrogen and oxygen atoms in total. The largest absolute Gasteiger partial charge is 0.481 e. The summed E-state index contributed by atoms with van der Waals surface area (Å²) < 4.78 is 13.2. The predicted octanol–water partition coefficient (Wildman–Crippen LogP) is 3.72. The summed E-state index contributed by atoms with van der Waals surface area (Å²) in [5.41, 5.74) is 1.63. The summed E-state index contributed by atoms with van der Waals surface area (Å²) in [7, 11) is -0.599. The van der Waals surface area contributed by atoms with Gasteiger partial charge in [-0.1, -0.05) is 45.4 Å². The van der Waals surface area contributed by atoms with Crippen molar-refractivity contribution >= 4 is 24.8 Å². The molecule has 1 aromatic heterocycles. The van der Waals surface area contributed by atoms with E-state index in [4.69, 9.17) is 9.31 Å². The third kappa shape index (κ3) is 5.97. The van der Waals surface area contributed by atoms with Crippen molar-refractivity contribution in [1.29, 1.82) is 0 Å². The summed E-state index contributed by atoms with van der Waals surface area (Å²) in [6, 6.07) is 9.41. The third-order valence-electron chi connectivity index (χ3n) is 9.68. The highest BCUT2D eigenvalue weighted by molar-refractivity contribution is 6.48. The summed E-state index contributed by atoms with van der Waals surface area (Å²) in [6.07, 6.45) is 5.72. The van der Waals surface area contributed by atoms with Gasteiger partial charge in [0.15, 0.2) is 0 Å². The molecule has 10 heteroatoms. The van der Waals surface area contributed by atoms with E-state index >= 15 is 0 Å². The molecule has 3 N–H and O–H groups in total. The zero-order chi connectivity index (χ0) is 30.2. The van der Waals surface area contributed by atoms with Crippen LogP contribution in [-0.4, -0.2) is 60.1 Å². The number of carbonyl (C=O) groups is 3. The van der Waals surface area contributed by atoms with E-state index < -0.39 is 36.5 Å². The lowest BCUT2D eigenvalue weighted by Crippen LogP contribution is -2.65. The molecule has 3 saturated carbocycles. The molecule has 0 spiro atoms. The molecule has 0 unspecified atom stereocenters. The van der Waals surface area contributed by atoms with Crippen LogP contribution in [0.2, 0.25) is 0 Å². The molecule has 224 valence electrons. The molecule has 6 rings (SSSR count). The van der Waals surface area contributed by atoms with Crippen LogP contribution in [-0.2, 0) is 14.1 Å². The van der Waals surface area contributed by atoms with Crippen molar-refractivity contribution in [2.45, 2.75) is 84.5 Å². The van der Waals surface area contributed by atoms with Gasteiger partial charge in [0.2, 0.25) is 5.91 Å². The van der Waals surface area contributed by atoms with E-state index in [-0.39, 0.29) is 29.9 Å². The minimum atomic E-state index is -1.03. The number of pyridine rings is 1. The van der Waals surface area contributed by atoms with Crippen molar-refractivity contribution in [3.8, 4) is 0 Å². The Morgan fingerprint density at radius 1 is 1.02 bits per heavy atom. The highest BCUT2D eigenvalue weighted by Gasteiger charge is 2.68. The standard InChI is InChI=1S/C32H43BN4O5/c1-19(2)14-27(33-41-26-16-23-15-25(31(23,4)5)32(26,6)42-33)37-30(40)24(36-29(39)22-8-7-13-34-17-22)18-35-28(38)21-11-9-20(3)10-12-21/h7-13,17,19,23-27H,14-16,18H2,1-6H3,(H,35,38)(H,36,39)(H,37,40)/t23-,24+,25+,26-,27+,32+/m1/s1. The van der Waals surface area contributed by atoms with Gasteiger partial charge in [0.25, 0.3) is 11.8 Å². The first-order valence-corrected chi connectivity index (χ1v) is 15.1. The molecular weight excluding hydrogens is 531 g/mol. The molecule has 3 amide bonds. The smallest absolute Gasteiger partial charge is 0.404 e. The van der Waals surface area contributed by atoms with Crippen LogP contribution in [0.3, 0.4) is 0 Å². The molecule has 2 heterocycles. The lowest BCUT2D eigenvalue weighted by atomic mass is 9.43. The summed E-state index contributed by atoms with van der Waals surface area (Å²) in [4.78, 5) is 43.8. The molecule has 3 aliphatic carbocycles. The Hall–Kier alpha value is -3.24. The Morgan fingerprint density at radius 3 is 2.40 bits per heavy atom. The Balaban J connectivity index is 1.31. The molecule has 0 radical (unpaired) electrons. The fourth-order valence-electron chi connectivity index (χ4n) is 7.05. The summed E-state index contributed by atoms with van der Waals surface area (Å²) >= 11 is 0. The summed E-state index contributed by atoms with van der Waals surface area (Å²) in [5, 5.41) is 8.73. The van der Waals surface area contributed by atoms with Gasteiger partial charge in [-0.15, -0.1) is 0 Å². The van der Waals surface area contributed by atoms with E-state index in [0.29, 0.717) is 29.4 Å². The first-order chi connectivity index (χ1) is 19.9. The molecule has 1 aliphatic heterocycles. The minimum Gasteiger partial charge on any atom is -0.404 e. The zero-order valence-electron chi connectivity index (χ0n) is 25.5. The maximum Gasteiger partial charge on any atom is 0.481 e. The monoisotopic (exact) mass is 574 g/mol. The van der Waals surface area contributed by atoms with Gasteiger partial charge in [-0.25, -0.2) is 0 Å². The number of aryl methyl sites for hydroxylation is 1. The SMILES string of the molecule is Cc1ccc(C(=O)NC[C@H](NC(=O)c2cccnc2)C(=O)N[C@@H](CC(C)C)B2O[C@@H]3C[C@H]4C[C@@H](C4(C)C)[C@]3(C)O2)cc1. The maximum absolute atomic E-state index is 13.8. The van der Waals surface area contributed by atoms with E-state index in [1.165, 1.54) is 6.20 Å². The number of hydrogen-bond donors (Lipinski definition) is 3. The first-order valence-electron chi connectivity index (χ1n) is 15.1. The lowest BCUT2D eigenvalue weighted by molar-refractivity contribution is -0.199. The number of rotatable bonds is 10. The Bertz CT molecular complexity index is 1300. The van der Waals surface area contributed by atoms with E-state index in [1.807, 2.05) is 19.1 Å². The summed E-state index contributed by atoms with van der Waals surface area (Å²) in [6.45, 7) is 12.8. The summed E-state index contributed by atoms with van der Waals surface area (Å²) in [5.74, 6) is -0.356. The maximum atomic E-state index is 13.8. The highest BCUT2D eigenvalue weighted by Crippen LogP contribution is 2.65. The van der Waals surface area contributed by atoms with Gasteiger partial charge in [0.05, 0.1) is 23.2 Å². The molecule has 2 aromatic rings. The second-order valence-electron chi connectivity index (χ2n) is 13.4. The lowest BCUT2D eigenvalue weighted by Gasteiger charge is -2.64. The average molecular weight is 575 g/mol. The number of benzene rings is 1. The average Bonchev–Trinajstić information content (AvgIpc) is 3.32. The van der Waals surface area contributed by atoms with Crippen molar-refractivity contribution in [1.82, 2.24) is 20.9 Å². The van der Waals surface area contributed by atoms with Gasteiger partial charge in [-0.05, 0) is 80.5 Å². The number of amides is 3. The second-order valence-corrected chi connectivity index (χ2v) is 13.4. The fraction of sp³-hybridized carbons (Fsp3) is 0.562. The van der Waals surface area contributed by atoms with Crippen LogP contribution < -0.4 is 16.0 Å². The quantitative estimate of drug-likeness (QED) is 0.373. The Morgan fingerprint density at radius 2 is 1.76 bits per heavy atom. The molecule has 1 aromatic carbocycles. The number of aromatic nitrogens is 1. The minimum absolute atomic E-state index is 0.0132. The van der Waals surface area contributed by atoms with Crippen LogP contribution in [0.25, 0.3) is 0 Å². The van der Waals surface area contributed by atoms with E-state index in [1.54, 1.807) is 30.5 Å². The fourth-order valence-corrected chi connectivity index (χ4v) is 7.05. The van der Waals surface area contributed by atoms with Gasteiger partial charge in [0.1, 0.15) is 6.04 Å². The van der Waals surface area contributed by atoms with Crippen LogP contribution >= 0.6 is 0 Å². The van der Waals surface area contributed by atoms with Crippen LogP contribution in [0.1, 0.15) is 80.2 Å². The highest BCUT2D eigenvalue weighted by atomic mass is 16.7. The molecule has 6 atom stereocenters. The van der Waals surface area contributed by atoms with Gasteiger partial charge >= 0.3 is 7.12 Å². The third-order valence-corrected chi connectivity index (χ3v) is 9.68. The Kier molecular flexibility index (Phi) is 8.49. The van der Waals surface area contributed by atoms with Crippen molar-refractivity contribution in [2.24, 2.45) is 23.2 Å². The van der Waals surface area contributed by atoms with E-state index in [2.05, 4.69) is 55.6 Å². The van der Waals surface area contributed by atoms with E-state index in [9.17, 15) is 14.4 Å². The van der Waals surface area contributed by atoms with Gasteiger partial charge in [0, 0.05) is 24.5 Å². The number of nitrogens with one attached hydrogen (secondary N) is 3. The molecule has 4 fully saturated rings. The van der Waals surface area contributed by atoms with Crippen molar-refractivity contribution in [3.63, 3.8) is 0 Å². The van der Waals surface area contributed by atoms with Gasteiger partial charge in [-0.2, -0.15) is 0 Å². The van der Waals surface area contributed by atoms with Gasteiger partial charge in [-0.3, -0.25) is 19.4 Å². The first kappa shape index (κ1) is 30.2. The predicted molar refractivity (Wildman–Crippen MR) is 161 cm³/mol. The molecule has 1 saturated heterocycles. The van der Waals surface area contributed by atoms with Crippen LogP contribution in [0.15, 0.2) is 48.8 Å². The molecule has 2 bridgehead atoms. The second kappa shape index (κ2) is 11.8. The topological polar surface area (TPSA) is 119 Å². The molecule has 42 heavy (non-hydrogen) atoms. The number of nitrogens with zero attached hydrogens (tertiary/aromatic N) is 1. The molecular formula is C32H43BN4O5. The van der Waals surface area contributed by atoms with Crippen LogP contribution in [0.5, 0.6) is 0 Å². The van der Waals surface area contributed by atoms with Crippen molar-refractivity contribution < 1.29 is 23.7 Å². The Labute approximate surface area is 249 Å². The van der Waals surface area contributed by atoms with Crippen LogP contribution in [0.4, 0.5) is 0 Å². The van der Waals surface area contributed by atoms with E-state index in [0.717, 1.165) is 18.4 Å². The number of carbonyl (C=O) groups excluding carboxylic acids is 3. The normalized spacial score (nSPS) is 26.9. The van der Waals surface area contributed by atoms with Crippen molar-refractivity contribution in [2.75, 3.05) is 6.54 Å². The molecule has 4 aliphatic rings. The van der Waals surface area contributed by atoms with Gasteiger partial charge < -0.3 is 25.3 Å².